The van der Waals surface area contributed by atoms with E-state index in [9.17, 15) is 10.1 Å². The summed E-state index contributed by atoms with van der Waals surface area (Å²) in [6, 6.07) is 7.57. The third kappa shape index (κ3) is 4.16. The summed E-state index contributed by atoms with van der Waals surface area (Å²) in [5, 5.41) is 9.51. The van der Waals surface area contributed by atoms with Gasteiger partial charge in [0.15, 0.2) is 0 Å². The lowest BCUT2D eigenvalue weighted by molar-refractivity contribution is -0.132. The number of amides is 1. The van der Waals surface area contributed by atoms with Gasteiger partial charge in [0.2, 0.25) is 5.91 Å². The van der Waals surface area contributed by atoms with Crippen LogP contribution < -0.4 is 9.47 Å². The zero-order valence-corrected chi connectivity index (χ0v) is 14.0. The molecule has 1 saturated heterocycles. The Hall–Kier alpha value is -2.22. The third-order valence-corrected chi connectivity index (χ3v) is 4.49. The number of nitriles is 1. The van der Waals surface area contributed by atoms with E-state index in [0.29, 0.717) is 17.4 Å². The highest BCUT2D eigenvalue weighted by molar-refractivity contribution is 5.78. The smallest absolute Gasteiger partial charge is 0.224 e. The number of hydrogen-bond acceptors (Lipinski definition) is 4. The van der Waals surface area contributed by atoms with E-state index in [4.69, 9.17) is 9.47 Å². The molecule has 1 atom stereocenters. The molecule has 1 fully saturated rings. The highest BCUT2D eigenvalue weighted by Crippen LogP contribution is 2.32. The van der Waals surface area contributed by atoms with E-state index >= 15 is 0 Å². The average molecular weight is 316 g/mol. The lowest BCUT2D eigenvalue weighted by Gasteiger charge is -2.31. The van der Waals surface area contributed by atoms with Crippen molar-refractivity contribution >= 4 is 5.91 Å². The van der Waals surface area contributed by atoms with E-state index in [0.717, 1.165) is 31.5 Å². The lowest BCUT2D eigenvalue weighted by Crippen LogP contribution is -2.38. The monoisotopic (exact) mass is 316 g/mol. The van der Waals surface area contributed by atoms with Crippen LogP contribution in [0.2, 0.25) is 0 Å². The Morgan fingerprint density at radius 1 is 1.35 bits per heavy atom. The van der Waals surface area contributed by atoms with Gasteiger partial charge in [-0.2, -0.15) is 5.26 Å². The first-order valence-corrected chi connectivity index (χ1v) is 7.98. The Balaban J connectivity index is 2.11. The van der Waals surface area contributed by atoms with Gasteiger partial charge >= 0.3 is 0 Å². The molecule has 1 aliphatic rings. The Bertz CT molecular complexity index is 586. The molecule has 1 aromatic rings. The number of carbonyl (C=O) groups excluding carboxylic acids is 1. The molecule has 0 bridgehead atoms. The molecule has 0 radical (unpaired) electrons. The number of likely N-dealkylation sites (tertiary alicyclic amines) is 1. The molecule has 0 spiro atoms. The van der Waals surface area contributed by atoms with Crippen molar-refractivity contribution in [3.05, 3.63) is 23.8 Å². The molecule has 0 saturated carbocycles. The minimum absolute atomic E-state index is 0.0429. The van der Waals surface area contributed by atoms with Gasteiger partial charge in [0, 0.05) is 31.1 Å². The molecule has 1 unspecified atom stereocenters. The van der Waals surface area contributed by atoms with Crippen LogP contribution in [0, 0.1) is 17.2 Å². The molecule has 23 heavy (non-hydrogen) atoms. The molecule has 124 valence electrons. The van der Waals surface area contributed by atoms with Gasteiger partial charge in [0.05, 0.1) is 26.2 Å². The number of hydrogen-bond donors (Lipinski definition) is 0. The van der Waals surface area contributed by atoms with E-state index in [-0.39, 0.29) is 12.3 Å². The van der Waals surface area contributed by atoms with Crippen molar-refractivity contribution in [1.82, 2.24) is 4.90 Å². The van der Waals surface area contributed by atoms with Gasteiger partial charge in [-0.3, -0.25) is 4.79 Å². The summed E-state index contributed by atoms with van der Waals surface area (Å²) in [6.45, 7) is 3.79. The van der Waals surface area contributed by atoms with E-state index in [2.05, 4.69) is 13.0 Å². The first-order chi connectivity index (χ1) is 11.1. The minimum atomic E-state index is -0.511. The fraction of sp³-hybridized carbons (Fsp3) is 0.556. The first kappa shape index (κ1) is 17.1. The average Bonchev–Trinajstić information content (AvgIpc) is 2.59. The van der Waals surface area contributed by atoms with Crippen molar-refractivity contribution < 1.29 is 14.3 Å². The number of ether oxygens (including phenoxy) is 2. The second kappa shape index (κ2) is 7.87. The second-order valence-corrected chi connectivity index (χ2v) is 6.06. The van der Waals surface area contributed by atoms with E-state index < -0.39 is 5.92 Å². The van der Waals surface area contributed by atoms with Gasteiger partial charge in [0.1, 0.15) is 11.5 Å². The van der Waals surface area contributed by atoms with Crippen LogP contribution in [0.3, 0.4) is 0 Å². The maximum atomic E-state index is 12.5. The quantitative estimate of drug-likeness (QED) is 0.838. The molecule has 0 N–H and O–H groups in total. The summed E-state index contributed by atoms with van der Waals surface area (Å²) in [7, 11) is 3.14. The number of methoxy groups -OCH3 is 2. The summed E-state index contributed by atoms with van der Waals surface area (Å²) >= 11 is 0. The molecular weight excluding hydrogens is 292 g/mol. The number of carbonyl (C=O) groups is 1. The lowest BCUT2D eigenvalue weighted by atomic mass is 9.94. The van der Waals surface area contributed by atoms with Gasteiger partial charge in [0.25, 0.3) is 0 Å². The van der Waals surface area contributed by atoms with Crippen LogP contribution >= 0.6 is 0 Å². The van der Waals surface area contributed by atoms with Gasteiger partial charge in [-0.05, 0) is 24.8 Å². The standard InChI is InChI=1S/C18H24N2O3/c1-13-6-8-20(9-7-13)18(21)10-14(12-19)16-5-4-15(22-2)11-17(16)23-3/h4-5,11,13-14H,6-10H2,1-3H3. The maximum Gasteiger partial charge on any atom is 0.224 e. The molecule has 0 aromatic heterocycles. The number of rotatable bonds is 5. The molecule has 1 heterocycles. The fourth-order valence-corrected chi connectivity index (χ4v) is 2.89. The van der Waals surface area contributed by atoms with Crippen molar-refractivity contribution in [3.8, 4) is 17.6 Å². The second-order valence-electron chi connectivity index (χ2n) is 6.06. The normalized spacial score (nSPS) is 16.5. The van der Waals surface area contributed by atoms with Gasteiger partial charge in [-0.25, -0.2) is 0 Å². The number of piperidine rings is 1. The third-order valence-electron chi connectivity index (χ3n) is 4.49. The number of benzene rings is 1. The fourth-order valence-electron chi connectivity index (χ4n) is 2.89. The first-order valence-electron chi connectivity index (χ1n) is 7.98. The summed E-state index contributed by atoms with van der Waals surface area (Å²) in [5.41, 5.74) is 0.731. The molecule has 0 aliphatic carbocycles. The van der Waals surface area contributed by atoms with Crippen molar-refractivity contribution in [2.45, 2.75) is 32.1 Å². The summed E-state index contributed by atoms with van der Waals surface area (Å²) < 4.78 is 10.5. The zero-order chi connectivity index (χ0) is 16.8. The van der Waals surface area contributed by atoms with Crippen LogP contribution in [0.4, 0.5) is 0 Å². The zero-order valence-electron chi connectivity index (χ0n) is 14.0. The molecule has 5 heteroatoms. The van der Waals surface area contributed by atoms with E-state index in [1.54, 1.807) is 32.4 Å². The van der Waals surface area contributed by atoms with Crippen molar-refractivity contribution in [1.29, 1.82) is 5.26 Å². The van der Waals surface area contributed by atoms with Gasteiger partial charge < -0.3 is 14.4 Å². The molecule has 1 aromatic carbocycles. The topological polar surface area (TPSA) is 62.6 Å². The molecule has 1 amide bonds. The Morgan fingerprint density at radius 3 is 2.61 bits per heavy atom. The van der Waals surface area contributed by atoms with Crippen molar-refractivity contribution in [3.63, 3.8) is 0 Å². The van der Waals surface area contributed by atoms with Gasteiger partial charge in [-0.15, -0.1) is 0 Å². The summed E-state index contributed by atoms with van der Waals surface area (Å²) in [6.07, 6.45) is 2.26. The highest BCUT2D eigenvalue weighted by Gasteiger charge is 2.25. The largest absolute Gasteiger partial charge is 0.497 e. The van der Waals surface area contributed by atoms with Crippen LogP contribution in [-0.4, -0.2) is 38.1 Å². The van der Waals surface area contributed by atoms with E-state index in [1.165, 1.54) is 0 Å². The SMILES string of the molecule is COc1ccc(C(C#N)CC(=O)N2CCC(C)CC2)c(OC)c1. The Labute approximate surface area is 137 Å². The number of nitrogens with zero attached hydrogens (tertiary/aromatic N) is 2. The predicted octanol–water partition coefficient (Wildman–Crippen LogP) is 2.96. The molecule has 1 aliphatic heterocycles. The van der Waals surface area contributed by atoms with Gasteiger partial charge in [-0.1, -0.05) is 13.0 Å². The van der Waals surface area contributed by atoms with Crippen LogP contribution in [0.1, 0.15) is 37.7 Å². The Kier molecular flexibility index (Phi) is 5.86. The van der Waals surface area contributed by atoms with Crippen molar-refractivity contribution in [2.75, 3.05) is 27.3 Å². The summed E-state index contributed by atoms with van der Waals surface area (Å²) in [4.78, 5) is 14.4. The molecule has 2 rings (SSSR count). The summed E-state index contributed by atoms with van der Waals surface area (Å²) in [5.74, 6) is 1.45. The van der Waals surface area contributed by atoms with Crippen LogP contribution in [0.15, 0.2) is 18.2 Å². The highest BCUT2D eigenvalue weighted by atomic mass is 16.5. The molecular formula is C18H24N2O3. The van der Waals surface area contributed by atoms with E-state index in [1.807, 2.05) is 4.90 Å². The Morgan fingerprint density at radius 2 is 2.04 bits per heavy atom. The minimum Gasteiger partial charge on any atom is -0.497 e. The maximum absolute atomic E-state index is 12.5. The molecule has 5 nitrogen and oxygen atoms in total. The van der Waals surface area contributed by atoms with Crippen LogP contribution in [-0.2, 0) is 4.79 Å². The van der Waals surface area contributed by atoms with Crippen LogP contribution in [0.5, 0.6) is 11.5 Å². The van der Waals surface area contributed by atoms with Crippen LogP contribution in [0.25, 0.3) is 0 Å². The van der Waals surface area contributed by atoms with Crippen molar-refractivity contribution in [2.24, 2.45) is 5.92 Å². The predicted molar refractivity (Wildman–Crippen MR) is 87.5 cm³/mol.